The second-order valence-corrected chi connectivity index (χ2v) is 4.13. The van der Waals surface area contributed by atoms with E-state index in [0.717, 1.165) is 0 Å². The van der Waals surface area contributed by atoms with E-state index < -0.39 is 5.97 Å². The Morgan fingerprint density at radius 1 is 1.37 bits per heavy atom. The van der Waals surface area contributed by atoms with E-state index in [-0.39, 0.29) is 17.4 Å². The lowest BCUT2D eigenvalue weighted by Crippen LogP contribution is -2.06. The molecule has 0 amide bonds. The maximum absolute atomic E-state index is 12.8. The number of halogens is 2. The Labute approximate surface area is 114 Å². The van der Waals surface area contributed by atoms with Gasteiger partial charge < -0.3 is 4.74 Å². The van der Waals surface area contributed by atoms with E-state index >= 15 is 0 Å². The second-order valence-electron chi connectivity index (χ2n) is 3.77. The molecule has 2 rings (SSSR count). The molecular formula is C13H10ClFN2O2. The predicted molar refractivity (Wildman–Crippen MR) is 68.2 cm³/mol. The van der Waals surface area contributed by atoms with Gasteiger partial charge in [0.1, 0.15) is 11.0 Å². The summed E-state index contributed by atoms with van der Waals surface area (Å²) in [6.45, 7) is 0. The van der Waals surface area contributed by atoms with Crippen LogP contribution in [-0.2, 0) is 16.0 Å². The van der Waals surface area contributed by atoms with Crippen LogP contribution in [0.4, 0.5) is 4.39 Å². The lowest BCUT2D eigenvalue weighted by Gasteiger charge is -2.05. The van der Waals surface area contributed by atoms with Gasteiger partial charge in [-0.3, -0.25) is 4.79 Å². The molecule has 0 saturated heterocycles. The van der Waals surface area contributed by atoms with Gasteiger partial charge in [0.25, 0.3) is 0 Å². The third-order valence-electron chi connectivity index (χ3n) is 2.48. The topological polar surface area (TPSA) is 52.1 Å². The van der Waals surface area contributed by atoms with Gasteiger partial charge in [-0.1, -0.05) is 11.6 Å². The molecule has 0 bridgehead atoms. The molecule has 0 aliphatic carbocycles. The quantitative estimate of drug-likeness (QED) is 0.641. The zero-order valence-electron chi connectivity index (χ0n) is 10.1. The minimum Gasteiger partial charge on any atom is -0.469 e. The van der Waals surface area contributed by atoms with Crippen LogP contribution in [0.1, 0.15) is 5.56 Å². The molecule has 0 fully saturated rings. The first-order valence-corrected chi connectivity index (χ1v) is 5.82. The van der Waals surface area contributed by atoms with E-state index in [4.69, 9.17) is 11.6 Å². The summed E-state index contributed by atoms with van der Waals surface area (Å²) in [5.74, 6) is -0.379. The normalized spacial score (nSPS) is 10.3. The molecule has 0 spiro atoms. The maximum Gasteiger partial charge on any atom is 0.310 e. The lowest BCUT2D eigenvalue weighted by atomic mass is 10.2. The van der Waals surface area contributed by atoms with Crippen molar-refractivity contribution in [2.45, 2.75) is 6.42 Å². The zero-order valence-corrected chi connectivity index (χ0v) is 10.8. The molecule has 1 aromatic carbocycles. The number of esters is 1. The van der Waals surface area contributed by atoms with Crippen molar-refractivity contribution in [3.63, 3.8) is 0 Å². The minimum absolute atomic E-state index is 0.0129. The average Bonchev–Trinajstić information content (AvgIpc) is 2.41. The monoisotopic (exact) mass is 280 g/mol. The van der Waals surface area contributed by atoms with Crippen LogP contribution in [0, 0.1) is 5.82 Å². The lowest BCUT2D eigenvalue weighted by molar-refractivity contribution is -0.139. The highest BCUT2D eigenvalue weighted by Gasteiger charge is 2.11. The van der Waals surface area contributed by atoms with Crippen molar-refractivity contribution in [2.24, 2.45) is 0 Å². The third kappa shape index (κ3) is 3.26. The molecule has 4 nitrogen and oxygen atoms in total. The summed E-state index contributed by atoms with van der Waals surface area (Å²) >= 11 is 5.98. The highest BCUT2D eigenvalue weighted by molar-refractivity contribution is 6.30. The van der Waals surface area contributed by atoms with Crippen molar-refractivity contribution >= 4 is 17.6 Å². The van der Waals surface area contributed by atoms with Crippen LogP contribution in [0.25, 0.3) is 11.4 Å². The number of hydrogen-bond acceptors (Lipinski definition) is 4. The van der Waals surface area contributed by atoms with Gasteiger partial charge in [-0.2, -0.15) is 0 Å². The predicted octanol–water partition coefficient (Wildman–Crippen LogP) is 2.65. The molecule has 2 aromatic rings. The van der Waals surface area contributed by atoms with Gasteiger partial charge in [0.05, 0.1) is 13.5 Å². The van der Waals surface area contributed by atoms with Crippen LogP contribution in [-0.4, -0.2) is 23.0 Å². The van der Waals surface area contributed by atoms with E-state index in [0.29, 0.717) is 17.0 Å². The van der Waals surface area contributed by atoms with Crippen LogP contribution in [0.5, 0.6) is 0 Å². The number of nitrogens with zero attached hydrogens (tertiary/aromatic N) is 2. The molecule has 6 heteroatoms. The maximum atomic E-state index is 12.8. The molecular weight excluding hydrogens is 271 g/mol. The van der Waals surface area contributed by atoms with Gasteiger partial charge in [-0.25, -0.2) is 14.4 Å². The second kappa shape index (κ2) is 5.75. The number of benzene rings is 1. The molecule has 0 radical (unpaired) electrons. The first-order chi connectivity index (χ1) is 9.10. The summed E-state index contributed by atoms with van der Waals surface area (Å²) in [6.07, 6.45) is 1.48. The average molecular weight is 281 g/mol. The highest BCUT2D eigenvalue weighted by atomic mass is 35.5. The van der Waals surface area contributed by atoms with E-state index in [2.05, 4.69) is 14.7 Å². The van der Waals surface area contributed by atoms with Gasteiger partial charge in [-0.15, -0.1) is 0 Å². The molecule has 0 saturated carbocycles. The zero-order chi connectivity index (χ0) is 13.8. The van der Waals surface area contributed by atoms with Crippen molar-refractivity contribution in [1.82, 2.24) is 9.97 Å². The summed E-state index contributed by atoms with van der Waals surface area (Å²) in [4.78, 5) is 19.3. The van der Waals surface area contributed by atoms with Crippen molar-refractivity contribution < 1.29 is 13.9 Å². The molecule has 0 unspecified atom stereocenters. The summed E-state index contributed by atoms with van der Waals surface area (Å²) in [5.41, 5.74) is 1.13. The van der Waals surface area contributed by atoms with Gasteiger partial charge in [0.15, 0.2) is 5.82 Å². The fourth-order valence-corrected chi connectivity index (χ4v) is 1.67. The number of methoxy groups -OCH3 is 1. The third-order valence-corrected chi connectivity index (χ3v) is 2.80. The van der Waals surface area contributed by atoms with E-state index in [9.17, 15) is 9.18 Å². The Bertz CT molecular complexity index is 602. The summed E-state index contributed by atoms with van der Waals surface area (Å²) in [7, 11) is 1.30. The largest absolute Gasteiger partial charge is 0.469 e. The Morgan fingerprint density at radius 3 is 2.63 bits per heavy atom. The SMILES string of the molecule is COC(=O)Cc1cnc(-c2ccc(F)cc2)nc1Cl. The van der Waals surface area contributed by atoms with Crippen LogP contribution in [0.15, 0.2) is 30.5 Å². The van der Waals surface area contributed by atoms with Gasteiger partial charge >= 0.3 is 5.97 Å². The number of hydrogen-bond donors (Lipinski definition) is 0. The van der Waals surface area contributed by atoms with E-state index in [1.807, 2.05) is 0 Å². The molecule has 1 heterocycles. The van der Waals surface area contributed by atoms with Crippen molar-refractivity contribution in [2.75, 3.05) is 7.11 Å². The fourth-order valence-electron chi connectivity index (χ4n) is 1.47. The summed E-state index contributed by atoms with van der Waals surface area (Å²) in [6, 6.07) is 5.74. The van der Waals surface area contributed by atoms with E-state index in [1.54, 1.807) is 12.1 Å². The number of rotatable bonds is 3. The molecule has 1 aromatic heterocycles. The summed E-state index contributed by atoms with van der Waals surface area (Å²) in [5, 5.41) is 0.180. The van der Waals surface area contributed by atoms with Crippen LogP contribution >= 0.6 is 11.6 Å². The van der Waals surface area contributed by atoms with Crippen molar-refractivity contribution in [3.8, 4) is 11.4 Å². The minimum atomic E-state index is -0.417. The first kappa shape index (κ1) is 13.4. The van der Waals surface area contributed by atoms with Gasteiger partial charge in [0, 0.05) is 17.3 Å². The highest BCUT2D eigenvalue weighted by Crippen LogP contribution is 2.20. The Balaban J connectivity index is 2.28. The number of ether oxygens (including phenoxy) is 1. The molecule has 19 heavy (non-hydrogen) atoms. The molecule has 98 valence electrons. The molecule has 0 atom stereocenters. The molecule has 0 aliphatic rings. The van der Waals surface area contributed by atoms with Crippen LogP contribution < -0.4 is 0 Å². The molecule has 0 aliphatic heterocycles. The van der Waals surface area contributed by atoms with Crippen molar-refractivity contribution in [1.29, 1.82) is 0 Å². The fraction of sp³-hybridized carbons (Fsp3) is 0.154. The van der Waals surface area contributed by atoms with Gasteiger partial charge in [0.2, 0.25) is 0 Å². The molecule has 0 N–H and O–H groups in total. The van der Waals surface area contributed by atoms with Crippen LogP contribution in [0.2, 0.25) is 5.15 Å². The van der Waals surface area contributed by atoms with Crippen molar-refractivity contribution in [3.05, 3.63) is 47.0 Å². The number of aromatic nitrogens is 2. The van der Waals surface area contributed by atoms with E-state index in [1.165, 1.54) is 25.4 Å². The Hall–Kier alpha value is -2.01. The van der Waals surface area contributed by atoms with Crippen LogP contribution in [0.3, 0.4) is 0 Å². The Kier molecular flexibility index (Phi) is 4.06. The van der Waals surface area contributed by atoms with Gasteiger partial charge in [-0.05, 0) is 24.3 Å². The first-order valence-electron chi connectivity index (χ1n) is 5.44. The summed E-state index contributed by atoms with van der Waals surface area (Å²) < 4.78 is 17.4. The number of carbonyl (C=O) groups excluding carboxylic acids is 1. The standard InChI is InChI=1S/C13H10ClFN2O2/c1-19-11(18)6-9-7-16-13(17-12(9)14)8-2-4-10(15)5-3-8/h2-5,7H,6H2,1H3. The Morgan fingerprint density at radius 2 is 2.05 bits per heavy atom. The smallest absolute Gasteiger partial charge is 0.310 e. The number of carbonyl (C=O) groups is 1.